The Labute approximate surface area is 752 Å². The highest BCUT2D eigenvalue weighted by molar-refractivity contribution is 6.21. The number of hydrogen-bond acceptors (Lipinski definition) is 32. The number of likely N-dealkylation sites (tertiary alicyclic amines) is 1. The maximum Gasteiger partial charge on any atom is 0.312 e. The van der Waals surface area contributed by atoms with Crippen LogP contribution in [-0.4, -0.2) is 321 Å². The van der Waals surface area contributed by atoms with E-state index in [0.717, 1.165) is 45.6 Å². The fraction of sp³-hybridized carbons (Fsp3) is 0.787. The number of amides is 1. The van der Waals surface area contributed by atoms with Gasteiger partial charge >= 0.3 is 17.7 Å². The molecule has 33 heteroatoms. The van der Waals surface area contributed by atoms with Gasteiger partial charge in [0.05, 0.1) is 96.0 Å². The van der Waals surface area contributed by atoms with Crippen LogP contribution in [0.5, 0.6) is 17.2 Å². The molecule has 2 unspecified atom stereocenters. The average molecular weight is 1800 g/mol. The minimum absolute atomic E-state index is 0.0538. The van der Waals surface area contributed by atoms with Gasteiger partial charge in [-0.1, -0.05) is 94.4 Å². The number of carbonyl (C=O) groups excluding carboxylic acids is 4. The van der Waals surface area contributed by atoms with Crippen molar-refractivity contribution < 1.29 is 123 Å². The van der Waals surface area contributed by atoms with E-state index in [4.69, 9.17) is 62.6 Å². The Morgan fingerprint density at radius 3 is 1.93 bits per heavy atom. The molecule has 127 heavy (non-hydrogen) atoms. The van der Waals surface area contributed by atoms with E-state index in [1.54, 1.807) is 107 Å². The van der Waals surface area contributed by atoms with Gasteiger partial charge < -0.3 is 134 Å². The van der Waals surface area contributed by atoms with Gasteiger partial charge in [-0.15, -0.1) is 0 Å². The van der Waals surface area contributed by atoms with Crippen LogP contribution in [0, 0.1) is 54.3 Å². The number of anilines is 1. The van der Waals surface area contributed by atoms with Gasteiger partial charge in [0.1, 0.15) is 64.0 Å². The minimum Gasteiger partial charge on any atom is -0.507 e. The topological polar surface area (TPSA) is 454 Å². The summed E-state index contributed by atoms with van der Waals surface area (Å²) in [7, 11) is 8.59. The number of cyclic esters (lactones) is 1. The molecule has 0 radical (unpaired) electrons. The molecule has 0 aliphatic carbocycles. The highest BCUT2D eigenvalue weighted by Crippen LogP contribution is 2.52. The first-order chi connectivity index (χ1) is 59.3. The summed E-state index contributed by atoms with van der Waals surface area (Å²) in [6.07, 6.45) is -1.24. The Balaban J connectivity index is 0.000000305. The summed E-state index contributed by atoms with van der Waals surface area (Å²) in [5.41, 5.74) is -4.49. The molecule has 2 aromatic rings. The van der Waals surface area contributed by atoms with E-state index in [-0.39, 0.29) is 112 Å². The fourth-order valence-corrected chi connectivity index (χ4v) is 19.2. The highest BCUT2D eigenvalue weighted by atomic mass is 16.7. The van der Waals surface area contributed by atoms with Gasteiger partial charge in [0.2, 0.25) is 0 Å². The molecular formula is C94H158N8O25. The second-order valence-electron chi connectivity index (χ2n) is 38.6. The van der Waals surface area contributed by atoms with Gasteiger partial charge in [-0.05, 0) is 133 Å². The van der Waals surface area contributed by atoms with Crippen LogP contribution < -0.4 is 31.4 Å². The first-order valence-corrected chi connectivity index (χ1v) is 45.8. The Hall–Kier alpha value is -6.00. The number of phenolic OH excluding ortho intramolecular Hbond substituents is 2. The molecule has 2 aromatic carbocycles. The first kappa shape index (κ1) is 108. The van der Waals surface area contributed by atoms with Gasteiger partial charge in [-0.25, -0.2) is 4.99 Å². The number of aliphatic hydroxyl groups excluding tert-OH is 7. The van der Waals surface area contributed by atoms with Crippen molar-refractivity contribution in [3.8, 4) is 17.2 Å². The molecule has 14 N–H and O–H groups in total. The summed E-state index contributed by atoms with van der Waals surface area (Å²) in [5.74, 6) is -9.15. The molecule has 1 amide bonds. The molecule has 4 fully saturated rings. The maximum atomic E-state index is 14.7. The lowest BCUT2D eigenvalue weighted by Gasteiger charge is -2.48. The van der Waals surface area contributed by atoms with Crippen molar-refractivity contribution in [3.05, 3.63) is 58.0 Å². The summed E-state index contributed by atoms with van der Waals surface area (Å²) < 4.78 is 61.5. The number of allylic oxidation sites excluding steroid dienone is 2. The number of benzene rings is 2. The third kappa shape index (κ3) is 25.5. The molecule has 33 nitrogen and oxygen atoms in total. The summed E-state index contributed by atoms with van der Waals surface area (Å²) in [6, 6.07) is -0.408. The Morgan fingerprint density at radius 2 is 1.38 bits per heavy atom. The predicted octanol–water partition coefficient (Wildman–Crippen LogP) is 6.36. The van der Waals surface area contributed by atoms with Crippen LogP contribution in [0.1, 0.15) is 213 Å². The zero-order valence-electron chi connectivity index (χ0n) is 80.6. The maximum absolute atomic E-state index is 14.7. The van der Waals surface area contributed by atoms with E-state index < -0.39 is 179 Å². The number of hydrogen-bond donors (Lipinski definition) is 14. The van der Waals surface area contributed by atoms with Crippen LogP contribution in [0.3, 0.4) is 0 Å². The summed E-state index contributed by atoms with van der Waals surface area (Å²) in [5, 5.41) is 133. The zero-order valence-corrected chi connectivity index (χ0v) is 80.6. The van der Waals surface area contributed by atoms with E-state index in [1.165, 1.54) is 41.3 Å². The second-order valence-corrected chi connectivity index (χ2v) is 38.6. The number of aromatic hydroxyl groups is 2. The minimum atomic E-state index is -1.95. The van der Waals surface area contributed by atoms with Crippen LogP contribution in [0.15, 0.2) is 46.1 Å². The van der Waals surface area contributed by atoms with E-state index in [9.17, 15) is 65.1 Å². The summed E-state index contributed by atoms with van der Waals surface area (Å²) in [6.45, 7) is 43.7. The van der Waals surface area contributed by atoms with Crippen LogP contribution in [0.4, 0.5) is 5.69 Å². The average Bonchev–Trinajstić information content (AvgIpc) is 1.54. The molecule has 7 heterocycles. The normalized spacial score (nSPS) is 37.7. The fourth-order valence-electron chi connectivity index (χ4n) is 19.2. The molecule has 4 saturated heterocycles. The molecule has 0 saturated carbocycles. The van der Waals surface area contributed by atoms with Crippen molar-refractivity contribution in [1.29, 1.82) is 0 Å². The smallest absolute Gasteiger partial charge is 0.312 e. The third-order valence-corrected chi connectivity index (χ3v) is 27.5. The molecule has 29 atom stereocenters. The number of methoxy groups -OCH3 is 2. The molecule has 9 rings (SSSR count). The molecule has 7 aliphatic heterocycles. The van der Waals surface area contributed by atoms with Crippen molar-refractivity contribution in [1.82, 2.24) is 25.3 Å². The lowest BCUT2D eigenvalue weighted by Crippen LogP contribution is -2.60. The highest BCUT2D eigenvalue weighted by Gasteiger charge is 2.55. The Morgan fingerprint density at radius 1 is 0.764 bits per heavy atom. The lowest BCUT2D eigenvalue weighted by molar-refractivity contribution is -0.318. The van der Waals surface area contributed by atoms with Crippen LogP contribution >= 0.6 is 0 Å². The van der Waals surface area contributed by atoms with E-state index in [0.29, 0.717) is 37.4 Å². The standard InChI is InChI=1S/C46H62N4O11.C38H72N2O12.C10H24N2O2/c1-22(2)21-50-18-16-46(17-19-50)48-34-31-32-39(54)28(8)42-33(31)43(56)45(10,61-42)59-20-15-30(58-11)25(5)41(60-29(9)51)27(7)38(53)26(6)37(52)23(3)13-12-14-24(4)44(57)47-36(40(32)55)35(34)49-46;1-15-27-38(10,46)31(42)24(6)40(13)19-20(2)17-36(8,45)33(52-35-29(41)26(39(11)12)16-21(3)48-35)22(4)30(23(5)34(44)50-27)51-28-18-37(9,47-14)32(43)25(7)49-28;1-3-9(7-13)11-5-6-12-10(4-2)8-14/h12-15,20,22-23,25-27,30,37-38,41,48,52-55H,16-19,21H2,1-11H3;20-33,35,41-43,45-46H,15-19H2,1-14H3;9-14H,3-8H2,1-2H3/b13-12+,20-15+,24-14-,47-36?;;/t23-,25+,26+,27+,30-,37-,38+,41+,45-;20-,21-,22+,23-,24-,25+,26+,27-,28+,29-,30+,31-,32+,33-,35+,36-,37-,38-;/m01./s1. The number of phenols is 2. The number of piperidine rings is 1. The van der Waals surface area contributed by atoms with Gasteiger partial charge in [0.25, 0.3) is 11.7 Å². The number of esters is 2. The quantitative estimate of drug-likeness (QED) is 0.0389. The number of ether oxygens (including phenoxy) is 10. The number of ketones is 1. The van der Waals surface area contributed by atoms with E-state index >= 15 is 0 Å². The number of nitrogens with one attached hydrogen (secondary N) is 3. The number of rotatable bonds is 20. The Bertz CT molecular complexity index is 4160. The van der Waals surface area contributed by atoms with Crippen molar-refractivity contribution in [2.75, 3.05) is 93.2 Å². The number of nitrogens with zero attached hydrogens (tertiary/aromatic N) is 5. The molecule has 0 aromatic heterocycles. The van der Waals surface area contributed by atoms with Gasteiger partial charge in [-0.3, -0.25) is 24.2 Å². The number of aliphatic hydroxyl groups is 9. The summed E-state index contributed by atoms with van der Waals surface area (Å²) in [4.78, 5) is 70.9. The SMILES string of the molecule is CCC(CO)NCCNC(CC)CO.CC[C@H]1OC(=O)[C@H](C)[C@@H](O[C@H]2C[C@@](C)(OC)[C@@H](O)[C@H](C)O2)[C@H](C)[C@@H](O[C@@H]2O[C@H](C)C[C@H](N(C)C)[C@H]2O)[C@](C)(O)C[C@@H](C)CN(C)[C@H](C)[C@@H](O)[C@]1(C)O.CO[C@H]1/C=C/O[C@@]2(C)Oc3c(C)c(O)c4c(O)c(c5c(c4c3C2=O)NC2(CCN(CC(C)C)CC2)N=5)=NC(=O)/C(C)=C\C=C\[C@H](C)[C@H](O)[C@@H](C)[C@@H](O)[C@@H](C)[C@H](OC(C)=O)[C@@H]1C. The van der Waals surface area contributed by atoms with Gasteiger partial charge in [-0.2, -0.15) is 0 Å². The van der Waals surface area contributed by atoms with Crippen LogP contribution in [0.2, 0.25) is 0 Å². The molecule has 724 valence electrons. The predicted molar refractivity (Wildman–Crippen MR) is 480 cm³/mol. The number of fused-ring (bicyclic) bond motifs is 1. The van der Waals surface area contributed by atoms with Gasteiger partial charge in [0, 0.05) is 157 Å². The second kappa shape index (κ2) is 46.1. The van der Waals surface area contributed by atoms with Crippen molar-refractivity contribution in [2.24, 2.45) is 57.3 Å². The van der Waals surface area contributed by atoms with Crippen molar-refractivity contribution in [3.63, 3.8) is 0 Å². The number of carbonyl (C=O) groups is 4. The first-order valence-electron chi connectivity index (χ1n) is 45.8. The largest absolute Gasteiger partial charge is 0.507 e. The van der Waals surface area contributed by atoms with E-state index in [2.05, 4.69) is 39.7 Å². The van der Waals surface area contributed by atoms with Crippen molar-refractivity contribution >= 4 is 40.1 Å². The molecule has 7 aliphatic rings. The van der Waals surface area contributed by atoms with Crippen molar-refractivity contribution in [2.45, 2.75) is 342 Å². The third-order valence-electron chi connectivity index (χ3n) is 27.5. The van der Waals surface area contributed by atoms with Gasteiger partial charge in [0.15, 0.2) is 18.3 Å². The lowest BCUT2D eigenvalue weighted by atomic mass is 9.77. The molecule has 1 spiro atoms. The van der Waals surface area contributed by atoms with Crippen LogP contribution in [-0.2, 0) is 57.0 Å². The zero-order chi connectivity index (χ0) is 95.4. The molecule has 4 bridgehead atoms. The Kier molecular flexibility index (Phi) is 39.2. The van der Waals surface area contributed by atoms with E-state index in [1.807, 2.05) is 65.6 Å². The number of Topliss-reactive ketones (excluding diaryl/α,β-unsaturated/α-hetero) is 1. The monoisotopic (exact) mass is 1800 g/mol. The molecular weight excluding hydrogens is 1640 g/mol. The van der Waals surface area contributed by atoms with Crippen LogP contribution in [0.25, 0.3) is 10.8 Å². The number of likely N-dealkylation sites (N-methyl/N-ethyl adjacent to an activating group) is 2. The summed E-state index contributed by atoms with van der Waals surface area (Å²) >= 11 is 0.